The first kappa shape index (κ1) is 31.6. The van der Waals surface area contributed by atoms with E-state index in [-0.39, 0.29) is 10.8 Å². The van der Waals surface area contributed by atoms with Crippen molar-refractivity contribution in [3.05, 3.63) is 186 Å². The highest BCUT2D eigenvalue weighted by molar-refractivity contribution is 7.25. The van der Waals surface area contributed by atoms with E-state index in [0.717, 1.165) is 5.69 Å². The lowest BCUT2D eigenvalue weighted by Gasteiger charge is -2.30. The van der Waals surface area contributed by atoms with Crippen LogP contribution in [0.25, 0.3) is 64.3 Å². The van der Waals surface area contributed by atoms with Gasteiger partial charge >= 0.3 is 0 Å². The van der Waals surface area contributed by atoms with Gasteiger partial charge in [0.2, 0.25) is 0 Å². The topological polar surface area (TPSA) is 3.24 Å². The van der Waals surface area contributed by atoms with Crippen molar-refractivity contribution in [2.45, 2.75) is 38.5 Å². The number of anilines is 3. The molecule has 2 aliphatic rings. The molecule has 54 heavy (non-hydrogen) atoms. The van der Waals surface area contributed by atoms with Gasteiger partial charge in [0, 0.05) is 47.9 Å². The zero-order chi connectivity index (χ0) is 36.3. The van der Waals surface area contributed by atoms with Crippen molar-refractivity contribution in [1.29, 1.82) is 0 Å². The molecule has 2 heteroatoms. The van der Waals surface area contributed by atoms with Gasteiger partial charge < -0.3 is 4.90 Å². The molecule has 0 unspecified atom stereocenters. The molecular weight excluding hydrogens is 671 g/mol. The fraction of sp³-hybridized carbons (Fsp3) is 0.115. The summed E-state index contributed by atoms with van der Waals surface area (Å²) in [4.78, 5) is 2.50. The van der Waals surface area contributed by atoms with Gasteiger partial charge in [0.05, 0.1) is 5.69 Å². The fourth-order valence-electron chi connectivity index (χ4n) is 9.72. The quantitative estimate of drug-likeness (QED) is 0.176. The van der Waals surface area contributed by atoms with E-state index in [4.69, 9.17) is 0 Å². The summed E-state index contributed by atoms with van der Waals surface area (Å²) in [6.45, 7) is 9.48. The minimum Gasteiger partial charge on any atom is -0.310 e. The van der Waals surface area contributed by atoms with E-state index < -0.39 is 0 Å². The summed E-state index contributed by atoms with van der Waals surface area (Å²) in [5.41, 5.74) is 16.7. The molecule has 11 rings (SSSR count). The minimum absolute atomic E-state index is 0.0907. The van der Waals surface area contributed by atoms with Gasteiger partial charge in [-0.1, -0.05) is 143 Å². The van der Waals surface area contributed by atoms with E-state index in [0.29, 0.717) is 0 Å². The van der Waals surface area contributed by atoms with E-state index in [1.807, 2.05) is 11.3 Å². The molecule has 0 spiro atoms. The summed E-state index contributed by atoms with van der Waals surface area (Å²) in [5.74, 6) is 0. The predicted octanol–water partition coefficient (Wildman–Crippen LogP) is 15.0. The molecule has 0 saturated carbocycles. The van der Waals surface area contributed by atoms with Crippen molar-refractivity contribution in [2.24, 2.45) is 0 Å². The van der Waals surface area contributed by atoms with Gasteiger partial charge in [0.25, 0.3) is 0 Å². The molecule has 258 valence electrons. The van der Waals surface area contributed by atoms with Crippen LogP contribution in [0.15, 0.2) is 164 Å². The summed E-state index contributed by atoms with van der Waals surface area (Å²) < 4.78 is 2.68. The summed E-state index contributed by atoms with van der Waals surface area (Å²) >= 11 is 1.88. The molecule has 0 amide bonds. The molecule has 8 aromatic carbocycles. The van der Waals surface area contributed by atoms with Crippen LogP contribution >= 0.6 is 11.3 Å². The second-order valence-corrected chi connectivity index (χ2v) is 17.2. The Morgan fingerprint density at radius 2 is 1.04 bits per heavy atom. The molecule has 1 nitrogen and oxygen atoms in total. The molecule has 0 saturated heterocycles. The SMILES string of the molecule is CC1(C)c2ccccc2-c2ccc(N(c3ccc(-c4cccc5cc6sc7ccccc7c6cc45)cc3)c3cccc4c3-c3ccccc3C4(C)C)cc21. The number of hydrogen-bond donors (Lipinski definition) is 0. The van der Waals surface area contributed by atoms with Crippen molar-refractivity contribution < 1.29 is 0 Å². The molecule has 1 aromatic heterocycles. The highest BCUT2D eigenvalue weighted by atomic mass is 32.1. The monoisotopic (exact) mass is 709 g/mol. The number of fused-ring (bicyclic) bond motifs is 10. The van der Waals surface area contributed by atoms with Crippen molar-refractivity contribution in [3.8, 4) is 33.4 Å². The molecular formula is C52H39NS. The summed E-state index contributed by atoms with van der Waals surface area (Å²) in [6, 6.07) is 61.5. The summed E-state index contributed by atoms with van der Waals surface area (Å²) in [7, 11) is 0. The van der Waals surface area contributed by atoms with Crippen LogP contribution in [0.4, 0.5) is 17.1 Å². The van der Waals surface area contributed by atoms with Crippen LogP contribution < -0.4 is 4.90 Å². The van der Waals surface area contributed by atoms with Crippen molar-refractivity contribution in [3.63, 3.8) is 0 Å². The Hall–Kier alpha value is -5.96. The Morgan fingerprint density at radius 3 is 1.87 bits per heavy atom. The maximum Gasteiger partial charge on any atom is 0.0543 e. The van der Waals surface area contributed by atoms with E-state index in [2.05, 4.69) is 196 Å². The zero-order valence-electron chi connectivity index (χ0n) is 30.9. The smallest absolute Gasteiger partial charge is 0.0543 e. The standard InChI is InChI=1S/C52H39NS/c1-51(2)44-19-9-6-16-40(44)50-45(51)20-12-21-47(50)53(35-27-28-38-37-14-5-8-18-43(37)52(3,4)46(38)30-35)34-25-23-32(24-26-34)36-17-11-13-33-29-49-42(31-41(33)36)39-15-7-10-22-48(39)54-49/h5-31H,1-4H3. The van der Waals surface area contributed by atoms with Crippen LogP contribution in [0.5, 0.6) is 0 Å². The number of nitrogens with zero attached hydrogens (tertiary/aromatic N) is 1. The average Bonchev–Trinajstić information content (AvgIpc) is 3.76. The van der Waals surface area contributed by atoms with Gasteiger partial charge in [-0.15, -0.1) is 11.3 Å². The van der Waals surface area contributed by atoms with Crippen LogP contribution in [0, 0.1) is 0 Å². The number of benzene rings is 8. The lowest BCUT2D eigenvalue weighted by atomic mass is 9.82. The molecule has 1 heterocycles. The fourth-order valence-corrected chi connectivity index (χ4v) is 10.9. The van der Waals surface area contributed by atoms with Gasteiger partial charge in [0.1, 0.15) is 0 Å². The number of rotatable bonds is 4. The second-order valence-electron chi connectivity index (χ2n) is 16.1. The van der Waals surface area contributed by atoms with Crippen molar-refractivity contribution in [1.82, 2.24) is 0 Å². The number of hydrogen-bond acceptors (Lipinski definition) is 2. The Bertz CT molecular complexity index is 3000. The first-order valence-electron chi connectivity index (χ1n) is 19.0. The van der Waals surface area contributed by atoms with Crippen molar-refractivity contribution in [2.75, 3.05) is 4.90 Å². The molecule has 0 atom stereocenters. The third-order valence-corrected chi connectivity index (χ3v) is 13.6. The Labute approximate surface area is 320 Å². The molecule has 0 N–H and O–H groups in total. The molecule has 0 aliphatic heterocycles. The minimum atomic E-state index is -0.0990. The van der Waals surface area contributed by atoms with Crippen LogP contribution in [0.3, 0.4) is 0 Å². The van der Waals surface area contributed by atoms with Crippen LogP contribution in [0.1, 0.15) is 49.9 Å². The predicted molar refractivity (Wildman–Crippen MR) is 232 cm³/mol. The Kier molecular flexibility index (Phi) is 6.59. The van der Waals surface area contributed by atoms with Crippen LogP contribution in [-0.2, 0) is 10.8 Å². The van der Waals surface area contributed by atoms with Crippen LogP contribution in [0.2, 0.25) is 0 Å². The van der Waals surface area contributed by atoms with Gasteiger partial charge in [-0.3, -0.25) is 0 Å². The lowest BCUT2D eigenvalue weighted by Crippen LogP contribution is -2.17. The molecule has 0 bridgehead atoms. The third kappa shape index (κ3) is 4.38. The first-order valence-corrected chi connectivity index (χ1v) is 19.8. The van der Waals surface area contributed by atoms with Gasteiger partial charge in [-0.05, 0) is 109 Å². The molecule has 0 radical (unpaired) electrons. The molecule has 0 fully saturated rings. The maximum atomic E-state index is 2.50. The maximum absolute atomic E-state index is 2.50. The van der Waals surface area contributed by atoms with E-state index in [9.17, 15) is 0 Å². The zero-order valence-corrected chi connectivity index (χ0v) is 31.8. The Morgan fingerprint density at radius 1 is 0.407 bits per heavy atom. The summed E-state index contributed by atoms with van der Waals surface area (Å²) in [5, 5.41) is 5.24. The first-order chi connectivity index (χ1) is 26.3. The lowest BCUT2D eigenvalue weighted by molar-refractivity contribution is 0.660. The van der Waals surface area contributed by atoms with E-state index >= 15 is 0 Å². The highest BCUT2D eigenvalue weighted by Gasteiger charge is 2.39. The largest absolute Gasteiger partial charge is 0.310 e. The van der Waals surface area contributed by atoms with Gasteiger partial charge in [-0.2, -0.15) is 0 Å². The van der Waals surface area contributed by atoms with Gasteiger partial charge in [-0.25, -0.2) is 0 Å². The number of thiophene rings is 1. The third-order valence-electron chi connectivity index (χ3n) is 12.5. The highest BCUT2D eigenvalue weighted by Crippen LogP contribution is 2.56. The van der Waals surface area contributed by atoms with Crippen LogP contribution in [-0.4, -0.2) is 0 Å². The molecule has 9 aromatic rings. The second kappa shape index (κ2) is 11.3. The van der Waals surface area contributed by atoms with E-state index in [1.165, 1.54) is 98.0 Å². The Balaban J connectivity index is 1.10. The van der Waals surface area contributed by atoms with Gasteiger partial charge in [0.15, 0.2) is 0 Å². The van der Waals surface area contributed by atoms with Crippen molar-refractivity contribution >= 4 is 59.3 Å². The van der Waals surface area contributed by atoms with E-state index in [1.54, 1.807) is 0 Å². The normalized spacial score (nSPS) is 14.6. The molecule has 2 aliphatic carbocycles. The average molecular weight is 710 g/mol. The summed E-state index contributed by atoms with van der Waals surface area (Å²) in [6.07, 6.45) is 0.